The number of ether oxygens (including phenoxy) is 1. The van der Waals surface area contributed by atoms with E-state index in [1.807, 2.05) is 56.3 Å². The maximum absolute atomic E-state index is 11.9. The second kappa shape index (κ2) is 6.59. The van der Waals surface area contributed by atoms with Crippen LogP contribution in [0, 0.1) is 0 Å². The van der Waals surface area contributed by atoms with Gasteiger partial charge in [-0.3, -0.25) is 0 Å². The third-order valence-corrected chi connectivity index (χ3v) is 3.92. The van der Waals surface area contributed by atoms with E-state index in [0.717, 1.165) is 15.0 Å². The molecule has 1 heterocycles. The van der Waals surface area contributed by atoms with E-state index < -0.39 is 0 Å². The molecule has 4 heteroatoms. The average Bonchev–Trinajstić information content (AvgIpc) is 2.76. The molecule has 0 aliphatic carbocycles. The van der Waals surface area contributed by atoms with Gasteiger partial charge in [-0.25, -0.2) is 4.79 Å². The minimum atomic E-state index is -0.365. The van der Waals surface area contributed by atoms with Crippen LogP contribution in [0.3, 0.4) is 0 Å². The smallest absolute Gasteiger partial charge is 0.408 e. The molecule has 0 aliphatic rings. The normalized spacial score (nSPS) is 10.9. The van der Waals surface area contributed by atoms with Crippen molar-refractivity contribution in [3.63, 3.8) is 0 Å². The lowest BCUT2D eigenvalue weighted by atomic mass is 10.2. The number of amides is 1. The summed E-state index contributed by atoms with van der Waals surface area (Å²) in [6, 6.07) is 7.94. The lowest BCUT2D eigenvalue weighted by Gasteiger charge is -2.10. The molecule has 0 fully saturated rings. The number of allylic oxidation sites excluding steroid dienone is 3. The second-order valence-corrected chi connectivity index (χ2v) is 6.24. The van der Waals surface area contributed by atoms with Crippen LogP contribution in [0.2, 0.25) is 0 Å². The van der Waals surface area contributed by atoms with Crippen molar-refractivity contribution in [2.24, 2.45) is 0 Å². The van der Waals surface area contributed by atoms with E-state index >= 15 is 0 Å². The summed E-state index contributed by atoms with van der Waals surface area (Å²) < 4.78 is 6.65. The molecule has 1 amide bonds. The average molecular weight is 301 g/mol. The van der Waals surface area contributed by atoms with Gasteiger partial charge in [0.15, 0.2) is 5.75 Å². The maximum atomic E-state index is 11.9. The minimum Gasteiger partial charge on any atom is -0.408 e. The van der Waals surface area contributed by atoms with Gasteiger partial charge in [0.2, 0.25) is 0 Å². The van der Waals surface area contributed by atoms with E-state index in [-0.39, 0.29) is 6.09 Å². The first-order valence-corrected chi connectivity index (χ1v) is 7.53. The summed E-state index contributed by atoms with van der Waals surface area (Å²) in [5.41, 5.74) is 1.22. The van der Waals surface area contributed by atoms with E-state index in [2.05, 4.69) is 0 Å². The Bertz CT molecular complexity index is 707. The number of hydrogen-bond donors (Lipinski definition) is 0. The second-order valence-electron chi connectivity index (χ2n) is 5.16. The lowest BCUT2D eigenvalue weighted by Crippen LogP contribution is -2.25. The predicted molar refractivity (Wildman–Crippen MR) is 90.0 cm³/mol. The van der Waals surface area contributed by atoms with E-state index in [1.54, 1.807) is 25.4 Å². The molecule has 21 heavy (non-hydrogen) atoms. The summed E-state index contributed by atoms with van der Waals surface area (Å²) in [7, 11) is 3.35. The highest BCUT2D eigenvalue weighted by molar-refractivity contribution is 7.20. The Hall–Kier alpha value is -2.07. The molecule has 1 aromatic heterocycles. The lowest BCUT2D eigenvalue weighted by molar-refractivity contribution is 0.172. The van der Waals surface area contributed by atoms with Crippen LogP contribution in [0.4, 0.5) is 4.79 Å². The molecule has 0 atom stereocenters. The maximum Gasteiger partial charge on any atom is 0.414 e. The Morgan fingerprint density at radius 3 is 2.62 bits per heavy atom. The fourth-order valence-electron chi connectivity index (χ4n) is 1.76. The van der Waals surface area contributed by atoms with Gasteiger partial charge in [0.25, 0.3) is 0 Å². The zero-order valence-corrected chi connectivity index (χ0v) is 13.5. The molecule has 0 spiro atoms. The van der Waals surface area contributed by atoms with Crippen molar-refractivity contribution >= 4 is 33.6 Å². The molecule has 110 valence electrons. The topological polar surface area (TPSA) is 29.5 Å². The highest BCUT2D eigenvalue weighted by atomic mass is 32.1. The molecule has 3 nitrogen and oxygen atoms in total. The van der Waals surface area contributed by atoms with Gasteiger partial charge in [0.05, 0.1) is 4.88 Å². The van der Waals surface area contributed by atoms with E-state index in [9.17, 15) is 4.79 Å². The summed E-state index contributed by atoms with van der Waals surface area (Å²) in [5.74, 6) is 0.632. The minimum absolute atomic E-state index is 0.365. The van der Waals surface area contributed by atoms with E-state index in [4.69, 9.17) is 4.74 Å². The fraction of sp³-hybridized carbons (Fsp3) is 0.235. The Morgan fingerprint density at radius 2 is 1.95 bits per heavy atom. The summed E-state index contributed by atoms with van der Waals surface area (Å²) in [6.07, 6.45) is 5.63. The third-order valence-electron chi connectivity index (χ3n) is 2.81. The number of rotatable bonds is 3. The molecule has 0 N–H and O–H groups in total. The molecular weight excluding hydrogens is 282 g/mol. The van der Waals surface area contributed by atoms with Crippen LogP contribution in [0.15, 0.2) is 42.0 Å². The molecule has 0 radical (unpaired) electrons. The molecule has 0 bridgehead atoms. The van der Waals surface area contributed by atoms with Crippen LogP contribution in [-0.2, 0) is 0 Å². The van der Waals surface area contributed by atoms with E-state index in [0.29, 0.717) is 5.75 Å². The van der Waals surface area contributed by atoms with Crippen molar-refractivity contribution in [2.75, 3.05) is 14.1 Å². The summed E-state index contributed by atoms with van der Waals surface area (Å²) >= 11 is 1.62. The van der Waals surface area contributed by atoms with Crippen LogP contribution in [0.1, 0.15) is 18.7 Å². The fourth-order valence-corrected chi connectivity index (χ4v) is 2.81. The van der Waals surface area contributed by atoms with Gasteiger partial charge in [-0.05, 0) is 32.1 Å². The quantitative estimate of drug-likeness (QED) is 0.751. The largest absolute Gasteiger partial charge is 0.414 e. The first-order valence-electron chi connectivity index (χ1n) is 6.71. The van der Waals surface area contributed by atoms with Crippen molar-refractivity contribution in [3.8, 4) is 5.75 Å². The highest BCUT2D eigenvalue weighted by Crippen LogP contribution is 2.38. The zero-order valence-electron chi connectivity index (χ0n) is 12.7. The summed E-state index contributed by atoms with van der Waals surface area (Å²) in [4.78, 5) is 14.2. The zero-order chi connectivity index (χ0) is 15.4. The molecule has 2 aromatic rings. The first kappa shape index (κ1) is 15.3. The van der Waals surface area contributed by atoms with Gasteiger partial charge in [0.1, 0.15) is 0 Å². The van der Waals surface area contributed by atoms with Crippen molar-refractivity contribution in [1.29, 1.82) is 0 Å². The van der Waals surface area contributed by atoms with Crippen molar-refractivity contribution in [2.45, 2.75) is 13.8 Å². The summed E-state index contributed by atoms with van der Waals surface area (Å²) in [5, 5.41) is 0.967. The summed E-state index contributed by atoms with van der Waals surface area (Å²) in [6.45, 7) is 4.09. The molecule has 0 aliphatic heterocycles. The predicted octanol–water partition coefficient (Wildman–Crippen LogP) is 4.94. The van der Waals surface area contributed by atoms with Crippen molar-refractivity contribution in [3.05, 3.63) is 46.9 Å². The number of nitrogens with zero attached hydrogens (tertiary/aromatic N) is 1. The van der Waals surface area contributed by atoms with Crippen LogP contribution >= 0.6 is 11.3 Å². The van der Waals surface area contributed by atoms with Crippen molar-refractivity contribution < 1.29 is 9.53 Å². The van der Waals surface area contributed by atoms with Gasteiger partial charge in [0, 0.05) is 24.2 Å². The SMILES string of the molecule is CC(C)=C/C=C/c1sc2ccccc2c1OC(=O)N(C)C. The van der Waals surface area contributed by atoms with E-state index in [1.165, 1.54) is 10.5 Å². The number of carbonyl (C=O) groups is 1. The van der Waals surface area contributed by atoms with Gasteiger partial charge < -0.3 is 9.64 Å². The molecule has 1 aromatic carbocycles. The third kappa shape index (κ3) is 3.73. The standard InChI is InChI=1S/C17H19NO2S/c1-12(2)8-7-11-15-16(20-17(19)18(3)4)13-9-5-6-10-14(13)21-15/h5-11H,1-4H3/b11-7+. The molecule has 0 saturated heterocycles. The Balaban J connectivity index is 2.45. The van der Waals surface area contributed by atoms with Gasteiger partial charge >= 0.3 is 6.09 Å². The number of carbonyl (C=O) groups excluding carboxylic acids is 1. The molecular formula is C17H19NO2S. The Labute approximate surface area is 129 Å². The molecule has 0 saturated carbocycles. The number of hydrogen-bond acceptors (Lipinski definition) is 3. The Morgan fingerprint density at radius 1 is 1.24 bits per heavy atom. The van der Waals surface area contributed by atoms with Gasteiger partial charge in [-0.2, -0.15) is 0 Å². The van der Waals surface area contributed by atoms with Crippen LogP contribution < -0.4 is 4.74 Å². The highest BCUT2D eigenvalue weighted by Gasteiger charge is 2.16. The van der Waals surface area contributed by atoms with Crippen LogP contribution in [-0.4, -0.2) is 25.1 Å². The van der Waals surface area contributed by atoms with Crippen molar-refractivity contribution in [1.82, 2.24) is 4.90 Å². The van der Waals surface area contributed by atoms with Crippen LogP contribution in [0.25, 0.3) is 16.2 Å². The van der Waals surface area contributed by atoms with Gasteiger partial charge in [-0.15, -0.1) is 11.3 Å². The number of thiophene rings is 1. The number of fused-ring (bicyclic) bond motifs is 1. The first-order chi connectivity index (χ1) is 9.99. The Kier molecular flexibility index (Phi) is 4.81. The molecule has 0 unspecified atom stereocenters. The van der Waals surface area contributed by atoms with Crippen LogP contribution in [0.5, 0.6) is 5.75 Å². The monoisotopic (exact) mass is 301 g/mol. The molecule has 2 rings (SSSR count). The van der Waals surface area contributed by atoms with Gasteiger partial charge in [-0.1, -0.05) is 29.9 Å². The number of benzene rings is 1.